The molecule has 4 nitrogen and oxygen atoms in total. The van der Waals surface area contributed by atoms with E-state index in [0.717, 1.165) is 17.0 Å². The smallest absolute Gasteiger partial charge is 0.264 e. The topological polar surface area (TPSA) is 50.7 Å². The van der Waals surface area contributed by atoms with Gasteiger partial charge < -0.3 is 10.1 Å². The molecular formula is C21H22N2O2S. The van der Waals surface area contributed by atoms with Crippen LogP contribution in [0, 0.1) is 20.8 Å². The van der Waals surface area contributed by atoms with Gasteiger partial charge in [-0.25, -0.2) is 4.99 Å². The number of benzene rings is 2. The van der Waals surface area contributed by atoms with E-state index < -0.39 is 0 Å². The summed E-state index contributed by atoms with van der Waals surface area (Å²) in [5.41, 5.74) is 5.43. The van der Waals surface area contributed by atoms with Gasteiger partial charge in [-0.2, -0.15) is 0 Å². The SMILES string of the molecule is CCOc1ccc(N=C2NC(=O)/C(=C\c3c(C)cc(C)cc3C)S2)cc1. The summed E-state index contributed by atoms with van der Waals surface area (Å²) >= 11 is 1.36. The summed E-state index contributed by atoms with van der Waals surface area (Å²) in [7, 11) is 0. The Morgan fingerprint density at radius 2 is 1.77 bits per heavy atom. The molecule has 1 fully saturated rings. The Kier molecular flexibility index (Phi) is 5.47. The number of ether oxygens (including phenoxy) is 1. The van der Waals surface area contributed by atoms with Crippen molar-refractivity contribution in [1.29, 1.82) is 0 Å². The Bertz CT molecular complexity index is 876. The molecule has 1 N–H and O–H groups in total. The Morgan fingerprint density at radius 1 is 1.12 bits per heavy atom. The van der Waals surface area contributed by atoms with Gasteiger partial charge in [-0.3, -0.25) is 4.79 Å². The van der Waals surface area contributed by atoms with Gasteiger partial charge >= 0.3 is 0 Å². The van der Waals surface area contributed by atoms with Crippen molar-refractivity contribution in [2.75, 3.05) is 6.61 Å². The molecule has 1 heterocycles. The van der Waals surface area contributed by atoms with Crippen molar-refractivity contribution < 1.29 is 9.53 Å². The first-order chi connectivity index (χ1) is 12.5. The number of aliphatic imine (C=N–C) groups is 1. The van der Waals surface area contributed by atoms with E-state index in [1.54, 1.807) is 0 Å². The lowest BCUT2D eigenvalue weighted by Crippen LogP contribution is -2.19. The first-order valence-electron chi connectivity index (χ1n) is 8.56. The van der Waals surface area contributed by atoms with Gasteiger partial charge in [-0.15, -0.1) is 0 Å². The van der Waals surface area contributed by atoms with E-state index in [0.29, 0.717) is 16.7 Å². The second-order valence-electron chi connectivity index (χ2n) is 6.22. The van der Waals surface area contributed by atoms with Crippen LogP contribution in [-0.2, 0) is 4.79 Å². The highest BCUT2D eigenvalue weighted by Crippen LogP contribution is 2.30. The number of hydrogen-bond donors (Lipinski definition) is 1. The molecule has 1 aliphatic heterocycles. The predicted octanol–water partition coefficient (Wildman–Crippen LogP) is 4.90. The van der Waals surface area contributed by atoms with E-state index in [4.69, 9.17) is 4.74 Å². The zero-order chi connectivity index (χ0) is 18.7. The van der Waals surface area contributed by atoms with Crippen molar-refractivity contribution in [1.82, 2.24) is 5.32 Å². The summed E-state index contributed by atoms with van der Waals surface area (Å²) in [4.78, 5) is 17.5. The first kappa shape index (κ1) is 18.3. The van der Waals surface area contributed by atoms with E-state index in [2.05, 4.69) is 43.2 Å². The van der Waals surface area contributed by atoms with Crippen LogP contribution in [0.4, 0.5) is 5.69 Å². The fourth-order valence-corrected chi connectivity index (χ4v) is 3.75. The van der Waals surface area contributed by atoms with Gasteiger partial charge in [-0.1, -0.05) is 17.7 Å². The van der Waals surface area contributed by atoms with Crippen molar-refractivity contribution >= 4 is 34.6 Å². The third-order valence-electron chi connectivity index (χ3n) is 4.04. The van der Waals surface area contributed by atoms with Crippen LogP contribution in [0.15, 0.2) is 46.3 Å². The van der Waals surface area contributed by atoms with Gasteiger partial charge in [0.1, 0.15) is 5.75 Å². The molecule has 0 aromatic heterocycles. The van der Waals surface area contributed by atoms with E-state index in [-0.39, 0.29) is 5.91 Å². The lowest BCUT2D eigenvalue weighted by Gasteiger charge is -2.07. The van der Waals surface area contributed by atoms with E-state index in [9.17, 15) is 4.79 Å². The molecule has 0 radical (unpaired) electrons. The van der Waals surface area contributed by atoms with Crippen molar-refractivity contribution in [3.8, 4) is 5.75 Å². The fourth-order valence-electron chi connectivity index (χ4n) is 2.93. The molecule has 0 unspecified atom stereocenters. The van der Waals surface area contributed by atoms with Gasteiger partial charge in [0.2, 0.25) is 0 Å². The second-order valence-corrected chi connectivity index (χ2v) is 7.25. The van der Waals surface area contributed by atoms with Crippen LogP contribution in [0.2, 0.25) is 0 Å². The van der Waals surface area contributed by atoms with E-state index in [1.165, 1.54) is 28.5 Å². The monoisotopic (exact) mass is 366 g/mol. The number of hydrogen-bond acceptors (Lipinski definition) is 4. The van der Waals surface area contributed by atoms with Crippen LogP contribution >= 0.6 is 11.8 Å². The molecule has 2 aromatic rings. The Morgan fingerprint density at radius 3 is 2.38 bits per heavy atom. The largest absolute Gasteiger partial charge is 0.494 e. The normalized spacial score (nSPS) is 17.0. The van der Waals surface area contributed by atoms with Gasteiger partial charge in [0, 0.05) is 0 Å². The molecule has 1 aliphatic rings. The van der Waals surface area contributed by atoms with Crippen molar-refractivity contribution in [3.63, 3.8) is 0 Å². The summed E-state index contributed by atoms with van der Waals surface area (Å²) in [6.07, 6.45) is 1.95. The van der Waals surface area contributed by atoms with Gasteiger partial charge in [0.15, 0.2) is 5.17 Å². The average Bonchev–Trinajstić information content (AvgIpc) is 2.92. The number of amidine groups is 1. The second kappa shape index (κ2) is 7.79. The van der Waals surface area contributed by atoms with Crippen molar-refractivity contribution in [2.24, 2.45) is 4.99 Å². The summed E-state index contributed by atoms with van der Waals surface area (Å²) in [6.45, 7) is 8.79. The molecule has 26 heavy (non-hydrogen) atoms. The predicted molar refractivity (Wildman–Crippen MR) is 109 cm³/mol. The zero-order valence-corrected chi connectivity index (χ0v) is 16.2. The fraction of sp³-hybridized carbons (Fsp3) is 0.238. The highest BCUT2D eigenvalue weighted by atomic mass is 32.2. The van der Waals surface area contributed by atoms with Crippen LogP contribution in [0.1, 0.15) is 29.2 Å². The summed E-state index contributed by atoms with van der Waals surface area (Å²) in [5.74, 6) is 0.699. The minimum Gasteiger partial charge on any atom is -0.494 e. The molecule has 0 bridgehead atoms. The third-order valence-corrected chi connectivity index (χ3v) is 4.95. The van der Waals surface area contributed by atoms with Crippen molar-refractivity contribution in [3.05, 3.63) is 63.6 Å². The van der Waals surface area contributed by atoms with Gasteiger partial charge in [0.25, 0.3) is 5.91 Å². The molecule has 5 heteroatoms. The molecule has 2 aromatic carbocycles. The minimum atomic E-state index is -0.112. The molecule has 0 aliphatic carbocycles. The Balaban J connectivity index is 1.82. The van der Waals surface area contributed by atoms with E-state index in [1.807, 2.05) is 37.3 Å². The molecule has 1 amide bonds. The number of nitrogens with zero attached hydrogens (tertiary/aromatic N) is 1. The van der Waals surface area contributed by atoms with Crippen LogP contribution in [-0.4, -0.2) is 17.7 Å². The highest BCUT2D eigenvalue weighted by Gasteiger charge is 2.24. The van der Waals surface area contributed by atoms with Crippen LogP contribution in [0.3, 0.4) is 0 Å². The number of amides is 1. The summed E-state index contributed by atoms with van der Waals surface area (Å²) in [6, 6.07) is 11.8. The third kappa shape index (κ3) is 4.17. The summed E-state index contributed by atoms with van der Waals surface area (Å²) < 4.78 is 5.43. The summed E-state index contributed by atoms with van der Waals surface area (Å²) in [5, 5.41) is 3.43. The van der Waals surface area contributed by atoms with Crippen LogP contribution < -0.4 is 10.1 Å². The number of rotatable bonds is 4. The lowest BCUT2D eigenvalue weighted by atomic mass is 9.99. The number of aryl methyl sites for hydroxylation is 3. The Labute approximate surface area is 158 Å². The van der Waals surface area contributed by atoms with Gasteiger partial charge in [-0.05, 0) is 86.5 Å². The lowest BCUT2D eigenvalue weighted by molar-refractivity contribution is -0.115. The number of thioether (sulfide) groups is 1. The Hall–Kier alpha value is -2.53. The van der Waals surface area contributed by atoms with Crippen molar-refractivity contribution in [2.45, 2.75) is 27.7 Å². The highest BCUT2D eigenvalue weighted by molar-refractivity contribution is 8.18. The van der Waals surface area contributed by atoms with Crippen LogP contribution in [0.5, 0.6) is 5.75 Å². The zero-order valence-electron chi connectivity index (χ0n) is 15.4. The number of nitrogens with one attached hydrogen (secondary N) is 1. The molecule has 0 saturated carbocycles. The molecule has 134 valence electrons. The number of carbonyl (C=O) groups is 1. The number of carbonyl (C=O) groups excluding carboxylic acids is 1. The first-order valence-corrected chi connectivity index (χ1v) is 9.38. The maximum Gasteiger partial charge on any atom is 0.264 e. The maximum absolute atomic E-state index is 12.3. The standard InChI is InChI=1S/C21H22N2O2S/c1-5-25-17-8-6-16(7-9-17)22-21-23-20(24)19(26-21)12-18-14(3)10-13(2)11-15(18)4/h6-12H,5H2,1-4H3,(H,22,23,24)/b19-12+. The average molecular weight is 366 g/mol. The van der Waals surface area contributed by atoms with Crippen LogP contribution in [0.25, 0.3) is 6.08 Å². The molecule has 1 saturated heterocycles. The minimum absolute atomic E-state index is 0.112. The molecule has 0 atom stereocenters. The van der Waals surface area contributed by atoms with E-state index >= 15 is 0 Å². The van der Waals surface area contributed by atoms with Gasteiger partial charge in [0.05, 0.1) is 17.2 Å². The molecule has 0 spiro atoms. The molecule has 3 rings (SSSR count). The quantitative estimate of drug-likeness (QED) is 0.783. The maximum atomic E-state index is 12.3. The molecular weight excluding hydrogens is 344 g/mol.